The number of nitrogens with one attached hydrogen (secondary N) is 1. The molecule has 1 amide bonds. The number of rotatable bonds is 5. The largest absolute Gasteiger partial charge is 0.389 e. The zero-order chi connectivity index (χ0) is 17.6. The van der Waals surface area contributed by atoms with Gasteiger partial charge in [-0.05, 0) is 25.1 Å². The summed E-state index contributed by atoms with van der Waals surface area (Å²) in [5, 5.41) is 13.9. The van der Waals surface area contributed by atoms with Crippen molar-refractivity contribution in [2.45, 2.75) is 38.1 Å². The highest BCUT2D eigenvalue weighted by atomic mass is 16.5. The lowest BCUT2D eigenvalue weighted by molar-refractivity contribution is -0.128. The molecule has 3 unspecified atom stereocenters. The summed E-state index contributed by atoms with van der Waals surface area (Å²) < 4.78 is 5.83. The Labute approximate surface area is 149 Å². The molecule has 138 valence electrons. The van der Waals surface area contributed by atoms with Crippen LogP contribution in [-0.4, -0.2) is 83.4 Å². The zero-order valence-electron chi connectivity index (χ0n) is 14.8. The molecule has 3 heterocycles. The van der Waals surface area contributed by atoms with Gasteiger partial charge in [-0.15, -0.1) is 0 Å². The van der Waals surface area contributed by atoms with Crippen LogP contribution in [0.15, 0.2) is 24.4 Å². The van der Waals surface area contributed by atoms with Gasteiger partial charge in [-0.1, -0.05) is 6.07 Å². The van der Waals surface area contributed by atoms with E-state index < -0.39 is 6.10 Å². The number of carbonyl (C=O) groups excluding carboxylic acids is 1. The van der Waals surface area contributed by atoms with Crippen LogP contribution in [0.1, 0.15) is 19.0 Å². The van der Waals surface area contributed by atoms with E-state index in [9.17, 15) is 9.90 Å². The number of hydrogen-bond acceptors (Lipinski definition) is 6. The van der Waals surface area contributed by atoms with Crippen LogP contribution in [0.25, 0.3) is 0 Å². The average molecular weight is 348 g/mol. The summed E-state index contributed by atoms with van der Waals surface area (Å²) in [6.07, 6.45) is 2.01. The lowest BCUT2D eigenvalue weighted by Gasteiger charge is -2.26. The first-order valence-corrected chi connectivity index (χ1v) is 9.04. The molecular formula is C18H28N4O3. The van der Waals surface area contributed by atoms with Crippen LogP contribution in [0.2, 0.25) is 0 Å². The summed E-state index contributed by atoms with van der Waals surface area (Å²) in [5.74, 6) is 0.137. The third-order valence-electron chi connectivity index (χ3n) is 5.03. The summed E-state index contributed by atoms with van der Waals surface area (Å²) in [4.78, 5) is 20.0. The van der Waals surface area contributed by atoms with Gasteiger partial charge in [0.15, 0.2) is 0 Å². The van der Waals surface area contributed by atoms with Gasteiger partial charge >= 0.3 is 0 Å². The maximum atomic E-state index is 11.5. The molecule has 25 heavy (non-hydrogen) atoms. The molecular weight excluding hydrogens is 320 g/mol. The number of nitrogens with zero attached hydrogens (tertiary/aromatic N) is 3. The molecule has 0 aromatic carbocycles. The van der Waals surface area contributed by atoms with E-state index in [1.165, 1.54) is 0 Å². The molecule has 2 aliphatic heterocycles. The first-order valence-electron chi connectivity index (χ1n) is 9.04. The van der Waals surface area contributed by atoms with E-state index in [1.54, 1.807) is 13.1 Å². The topological polar surface area (TPSA) is 77.9 Å². The Balaban J connectivity index is 1.45. The Hall–Kier alpha value is -1.54. The maximum absolute atomic E-state index is 11.5. The van der Waals surface area contributed by atoms with Gasteiger partial charge < -0.3 is 20.1 Å². The van der Waals surface area contributed by atoms with Gasteiger partial charge in [-0.25, -0.2) is 0 Å². The number of aliphatic hydroxyl groups is 1. The lowest BCUT2D eigenvalue weighted by Crippen LogP contribution is -2.45. The second kappa shape index (κ2) is 8.71. The van der Waals surface area contributed by atoms with Gasteiger partial charge in [0.2, 0.25) is 5.91 Å². The molecule has 7 nitrogen and oxygen atoms in total. The summed E-state index contributed by atoms with van der Waals surface area (Å²) >= 11 is 0. The summed E-state index contributed by atoms with van der Waals surface area (Å²) in [6, 6.07) is 5.73. The van der Waals surface area contributed by atoms with Crippen molar-refractivity contribution in [1.82, 2.24) is 20.1 Å². The van der Waals surface area contributed by atoms with Gasteiger partial charge in [-0.2, -0.15) is 0 Å². The predicted octanol–water partition coefficient (Wildman–Crippen LogP) is -0.146. The van der Waals surface area contributed by atoms with Gasteiger partial charge in [0.25, 0.3) is 0 Å². The molecule has 2 aliphatic rings. The smallest absolute Gasteiger partial charge is 0.219 e. The summed E-state index contributed by atoms with van der Waals surface area (Å²) in [5.41, 5.74) is 0.954. The Bertz CT molecular complexity index is 557. The standard InChI is InChI=1S/C18H28N4O3/c1-14(23)22-8-4-7-21(9-10-22)12-17-18(24)16(13-25-17)20-11-15-5-2-3-6-19-15/h2-3,5-6,16-18,20,24H,4,7-13H2,1H3. The van der Waals surface area contributed by atoms with E-state index in [-0.39, 0.29) is 18.1 Å². The lowest BCUT2D eigenvalue weighted by atomic mass is 10.1. The summed E-state index contributed by atoms with van der Waals surface area (Å²) in [7, 11) is 0. The van der Waals surface area contributed by atoms with Crippen molar-refractivity contribution in [2.75, 3.05) is 39.3 Å². The Morgan fingerprint density at radius 1 is 1.36 bits per heavy atom. The minimum absolute atomic E-state index is 0.0762. The molecule has 2 saturated heterocycles. The molecule has 0 radical (unpaired) electrons. The third kappa shape index (κ3) is 4.98. The van der Waals surface area contributed by atoms with Gasteiger partial charge in [0, 0.05) is 45.8 Å². The molecule has 1 aromatic heterocycles. The number of aliphatic hydroxyl groups excluding tert-OH is 1. The fraction of sp³-hybridized carbons (Fsp3) is 0.667. The van der Waals surface area contributed by atoms with Crippen LogP contribution >= 0.6 is 0 Å². The van der Waals surface area contributed by atoms with Crippen LogP contribution in [0, 0.1) is 0 Å². The molecule has 2 fully saturated rings. The van der Waals surface area contributed by atoms with E-state index in [1.807, 2.05) is 23.1 Å². The van der Waals surface area contributed by atoms with Crippen molar-refractivity contribution in [3.05, 3.63) is 30.1 Å². The van der Waals surface area contributed by atoms with E-state index in [2.05, 4.69) is 15.2 Å². The van der Waals surface area contributed by atoms with Gasteiger partial charge in [-0.3, -0.25) is 14.7 Å². The van der Waals surface area contributed by atoms with Crippen molar-refractivity contribution in [3.8, 4) is 0 Å². The molecule has 0 spiro atoms. The van der Waals surface area contributed by atoms with Gasteiger partial charge in [0.05, 0.1) is 30.6 Å². The highest BCUT2D eigenvalue weighted by molar-refractivity contribution is 5.73. The van der Waals surface area contributed by atoms with Crippen LogP contribution < -0.4 is 5.32 Å². The minimum Gasteiger partial charge on any atom is -0.389 e. The monoisotopic (exact) mass is 348 g/mol. The molecule has 2 N–H and O–H groups in total. The van der Waals surface area contributed by atoms with Crippen molar-refractivity contribution in [2.24, 2.45) is 0 Å². The fourth-order valence-corrected chi connectivity index (χ4v) is 3.49. The number of aromatic nitrogens is 1. The Morgan fingerprint density at radius 3 is 3.00 bits per heavy atom. The van der Waals surface area contributed by atoms with Crippen LogP contribution in [0.5, 0.6) is 0 Å². The molecule has 0 saturated carbocycles. The SMILES string of the molecule is CC(=O)N1CCCN(CC2OCC(NCc3ccccn3)C2O)CC1. The number of carbonyl (C=O) groups is 1. The molecule has 1 aromatic rings. The fourth-order valence-electron chi connectivity index (χ4n) is 3.49. The molecule has 3 rings (SSSR count). The highest BCUT2D eigenvalue weighted by Crippen LogP contribution is 2.17. The van der Waals surface area contributed by atoms with Crippen LogP contribution in [-0.2, 0) is 16.1 Å². The maximum Gasteiger partial charge on any atom is 0.219 e. The quantitative estimate of drug-likeness (QED) is 0.771. The first-order chi connectivity index (χ1) is 12.1. The van der Waals surface area contributed by atoms with E-state index in [4.69, 9.17) is 4.74 Å². The van der Waals surface area contributed by atoms with E-state index in [0.717, 1.165) is 38.3 Å². The molecule has 7 heteroatoms. The van der Waals surface area contributed by atoms with Crippen molar-refractivity contribution < 1.29 is 14.6 Å². The number of pyridine rings is 1. The van der Waals surface area contributed by atoms with E-state index >= 15 is 0 Å². The summed E-state index contributed by atoms with van der Waals surface area (Å²) in [6.45, 7) is 6.78. The zero-order valence-corrected chi connectivity index (χ0v) is 14.8. The van der Waals surface area contributed by atoms with Crippen LogP contribution in [0.3, 0.4) is 0 Å². The first kappa shape index (κ1) is 18.3. The highest BCUT2D eigenvalue weighted by Gasteiger charge is 2.36. The Kier molecular flexibility index (Phi) is 6.36. The molecule has 0 aliphatic carbocycles. The number of amides is 1. The van der Waals surface area contributed by atoms with Crippen molar-refractivity contribution in [3.63, 3.8) is 0 Å². The van der Waals surface area contributed by atoms with Crippen molar-refractivity contribution >= 4 is 5.91 Å². The number of hydrogen-bond donors (Lipinski definition) is 2. The molecule has 0 bridgehead atoms. The van der Waals surface area contributed by atoms with Crippen molar-refractivity contribution in [1.29, 1.82) is 0 Å². The predicted molar refractivity (Wildman–Crippen MR) is 93.9 cm³/mol. The second-order valence-corrected chi connectivity index (χ2v) is 6.83. The number of ether oxygens (including phenoxy) is 1. The normalized spacial score (nSPS) is 28.1. The van der Waals surface area contributed by atoms with Crippen LogP contribution in [0.4, 0.5) is 0 Å². The average Bonchev–Trinajstić information content (AvgIpc) is 2.82. The van der Waals surface area contributed by atoms with Gasteiger partial charge in [0.1, 0.15) is 0 Å². The Morgan fingerprint density at radius 2 is 2.24 bits per heavy atom. The minimum atomic E-state index is -0.532. The third-order valence-corrected chi connectivity index (χ3v) is 5.03. The second-order valence-electron chi connectivity index (χ2n) is 6.83. The van der Waals surface area contributed by atoms with E-state index in [0.29, 0.717) is 19.7 Å². The molecule has 3 atom stereocenters.